The van der Waals surface area contributed by atoms with Gasteiger partial charge in [-0.25, -0.2) is 4.79 Å². The Hall–Kier alpha value is -1.21. The van der Waals surface area contributed by atoms with E-state index in [-0.39, 0.29) is 23.8 Å². The molecule has 0 aromatic heterocycles. The molecule has 1 aliphatic heterocycles. The number of rotatable bonds is 3. The summed E-state index contributed by atoms with van der Waals surface area (Å²) in [6.45, 7) is 9.22. The largest absolute Gasteiger partial charge is 0.369 e. The smallest absolute Gasteiger partial charge is 0.318 e. The molecule has 0 aliphatic carbocycles. The number of terminal acetylenes is 1. The molecular formula is C14H24N2O2. The van der Waals surface area contributed by atoms with Gasteiger partial charge < -0.3 is 15.0 Å². The molecule has 2 atom stereocenters. The van der Waals surface area contributed by atoms with Crippen molar-refractivity contribution in [3.05, 3.63) is 0 Å². The number of carbonyl (C=O) groups is 1. The van der Waals surface area contributed by atoms with Gasteiger partial charge in [0.2, 0.25) is 0 Å². The van der Waals surface area contributed by atoms with Gasteiger partial charge in [0.25, 0.3) is 0 Å². The van der Waals surface area contributed by atoms with E-state index in [4.69, 9.17) is 11.2 Å². The molecule has 4 heteroatoms. The van der Waals surface area contributed by atoms with Crippen LogP contribution in [-0.4, -0.2) is 41.8 Å². The number of carbonyl (C=O) groups excluding carboxylic acids is 1. The number of amides is 2. The van der Waals surface area contributed by atoms with E-state index in [1.807, 2.05) is 20.8 Å². The minimum absolute atomic E-state index is 0.0509. The third kappa shape index (κ3) is 4.23. The van der Waals surface area contributed by atoms with Crippen LogP contribution in [-0.2, 0) is 4.74 Å². The summed E-state index contributed by atoms with van der Waals surface area (Å²) < 4.78 is 5.77. The molecule has 0 saturated carbocycles. The number of nitrogens with zero attached hydrogens (tertiary/aromatic N) is 1. The zero-order valence-electron chi connectivity index (χ0n) is 11.8. The number of nitrogens with one attached hydrogen (secondary N) is 1. The number of morpholine rings is 1. The molecule has 1 fully saturated rings. The third-order valence-corrected chi connectivity index (χ3v) is 2.93. The average Bonchev–Trinajstić information content (AvgIpc) is 2.25. The van der Waals surface area contributed by atoms with Gasteiger partial charge in [-0.05, 0) is 27.2 Å². The normalized spacial score (nSPS) is 24.2. The van der Waals surface area contributed by atoms with Gasteiger partial charge in [-0.2, -0.15) is 0 Å². The van der Waals surface area contributed by atoms with Crippen molar-refractivity contribution in [2.24, 2.45) is 0 Å². The summed E-state index contributed by atoms with van der Waals surface area (Å²) in [4.78, 5) is 13.9. The van der Waals surface area contributed by atoms with Gasteiger partial charge in [0.1, 0.15) is 0 Å². The maximum atomic E-state index is 12.1. The Labute approximate surface area is 110 Å². The lowest BCUT2D eigenvalue weighted by Gasteiger charge is -2.41. The maximum absolute atomic E-state index is 12.1. The first-order valence-electron chi connectivity index (χ1n) is 6.57. The first-order chi connectivity index (χ1) is 8.38. The van der Waals surface area contributed by atoms with Gasteiger partial charge >= 0.3 is 6.03 Å². The first-order valence-corrected chi connectivity index (χ1v) is 6.57. The summed E-state index contributed by atoms with van der Waals surface area (Å²) in [7, 11) is 0. The molecule has 0 spiro atoms. The Bertz CT molecular complexity index is 333. The lowest BCUT2D eigenvalue weighted by molar-refractivity contribution is -0.117. The van der Waals surface area contributed by atoms with Gasteiger partial charge in [0.05, 0.1) is 24.3 Å². The van der Waals surface area contributed by atoms with Crippen LogP contribution in [0.3, 0.4) is 0 Å². The van der Waals surface area contributed by atoms with Crippen LogP contribution >= 0.6 is 0 Å². The van der Waals surface area contributed by atoms with Crippen LogP contribution in [0.5, 0.6) is 0 Å². The highest BCUT2D eigenvalue weighted by molar-refractivity contribution is 5.75. The Balaban J connectivity index is 2.58. The highest BCUT2D eigenvalue weighted by Crippen LogP contribution is 2.20. The second-order valence-electron chi connectivity index (χ2n) is 5.53. The minimum atomic E-state index is -0.300. The SMILES string of the molecule is C#C[C@@H](CCC)NC(=O)N1C[C@@H](C)OC(C)(C)C1. The molecule has 1 saturated heterocycles. The van der Waals surface area contributed by atoms with Crippen LogP contribution in [0.25, 0.3) is 0 Å². The van der Waals surface area contributed by atoms with Gasteiger partial charge in [0, 0.05) is 6.54 Å². The fourth-order valence-electron chi connectivity index (χ4n) is 2.33. The molecular weight excluding hydrogens is 228 g/mol. The molecule has 1 aliphatic rings. The van der Waals surface area contributed by atoms with E-state index in [0.29, 0.717) is 13.1 Å². The van der Waals surface area contributed by atoms with Crippen LogP contribution in [0, 0.1) is 12.3 Å². The van der Waals surface area contributed by atoms with E-state index in [9.17, 15) is 4.79 Å². The Kier molecular flexibility index (Phi) is 5.03. The van der Waals surface area contributed by atoms with E-state index in [1.54, 1.807) is 4.90 Å². The predicted molar refractivity (Wildman–Crippen MR) is 72.3 cm³/mol. The summed E-state index contributed by atoms with van der Waals surface area (Å²) in [6.07, 6.45) is 7.23. The quantitative estimate of drug-likeness (QED) is 0.781. The Morgan fingerprint density at radius 1 is 1.67 bits per heavy atom. The number of urea groups is 1. The lowest BCUT2D eigenvalue weighted by atomic mass is 10.1. The van der Waals surface area contributed by atoms with Crippen molar-refractivity contribution in [3.63, 3.8) is 0 Å². The summed E-state index contributed by atoms with van der Waals surface area (Å²) in [5, 5.41) is 2.89. The van der Waals surface area contributed by atoms with Crippen LogP contribution in [0.4, 0.5) is 4.79 Å². The molecule has 0 aromatic carbocycles. The Morgan fingerprint density at radius 2 is 2.33 bits per heavy atom. The molecule has 0 unspecified atom stereocenters. The zero-order valence-corrected chi connectivity index (χ0v) is 11.8. The van der Waals surface area contributed by atoms with Crippen molar-refractivity contribution >= 4 is 6.03 Å². The van der Waals surface area contributed by atoms with E-state index in [2.05, 4.69) is 18.2 Å². The summed E-state index contributed by atoms with van der Waals surface area (Å²) >= 11 is 0. The topological polar surface area (TPSA) is 41.6 Å². The van der Waals surface area contributed by atoms with Crippen molar-refractivity contribution in [3.8, 4) is 12.3 Å². The van der Waals surface area contributed by atoms with E-state index in [1.165, 1.54) is 0 Å². The summed E-state index contributed by atoms with van der Waals surface area (Å²) in [5.74, 6) is 2.62. The first kappa shape index (κ1) is 14.8. The van der Waals surface area contributed by atoms with Crippen molar-refractivity contribution in [1.29, 1.82) is 0 Å². The molecule has 1 rings (SSSR count). The third-order valence-electron chi connectivity index (χ3n) is 2.93. The summed E-state index contributed by atoms with van der Waals surface area (Å²) in [6, 6.07) is -0.265. The average molecular weight is 252 g/mol. The van der Waals surface area contributed by atoms with Crippen molar-refractivity contribution < 1.29 is 9.53 Å². The van der Waals surface area contributed by atoms with Crippen LogP contribution < -0.4 is 5.32 Å². The van der Waals surface area contributed by atoms with Gasteiger partial charge in [-0.3, -0.25) is 0 Å². The molecule has 0 radical (unpaired) electrons. The second kappa shape index (κ2) is 6.10. The van der Waals surface area contributed by atoms with E-state index in [0.717, 1.165) is 12.8 Å². The fourth-order valence-corrected chi connectivity index (χ4v) is 2.33. The van der Waals surface area contributed by atoms with Crippen molar-refractivity contribution in [2.45, 2.75) is 58.3 Å². The van der Waals surface area contributed by atoms with Crippen molar-refractivity contribution in [2.75, 3.05) is 13.1 Å². The monoisotopic (exact) mass is 252 g/mol. The van der Waals surface area contributed by atoms with Gasteiger partial charge in [0.15, 0.2) is 0 Å². The highest BCUT2D eigenvalue weighted by Gasteiger charge is 2.34. The minimum Gasteiger partial charge on any atom is -0.369 e. The van der Waals surface area contributed by atoms with E-state index < -0.39 is 0 Å². The number of hydrogen-bond acceptors (Lipinski definition) is 2. The zero-order chi connectivity index (χ0) is 13.8. The molecule has 1 N–H and O–H groups in total. The van der Waals surface area contributed by atoms with Crippen molar-refractivity contribution in [1.82, 2.24) is 10.2 Å². The standard InChI is InChI=1S/C14H24N2O2/c1-6-8-12(7-2)15-13(17)16-9-11(3)18-14(4,5)10-16/h2,11-12H,6,8-10H2,1,3-5H3,(H,15,17)/t11-,12+/m1/s1. The van der Waals surface area contributed by atoms with Crippen LogP contribution in [0.1, 0.15) is 40.5 Å². The molecule has 18 heavy (non-hydrogen) atoms. The molecule has 102 valence electrons. The second-order valence-corrected chi connectivity index (χ2v) is 5.53. The fraction of sp³-hybridized carbons (Fsp3) is 0.786. The molecule has 4 nitrogen and oxygen atoms in total. The summed E-state index contributed by atoms with van der Waals surface area (Å²) in [5.41, 5.74) is -0.300. The molecule has 0 bridgehead atoms. The van der Waals surface area contributed by atoms with E-state index >= 15 is 0 Å². The van der Waals surface area contributed by atoms with Crippen LogP contribution in [0.15, 0.2) is 0 Å². The lowest BCUT2D eigenvalue weighted by Crippen LogP contribution is -2.57. The molecule has 2 amide bonds. The Morgan fingerprint density at radius 3 is 2.83 bits per heavy atom. The predicted octanol–water partition coefficient (Wildman–Crippen LogP) is 2.00. The van der Waals surface area contributed by atoms with Gasteiger partial charge in [-0.15, -0.1) is 6.42 Å². The number of hydrogen-bond donors (Lipinski definition) is 1. The van der Waals surface area contributed by atoms with Crippen LogP contribution in [0.2, 0.25) is 0 Å². The molecule has 0 aromatic rings. The highest BCUT2D eigenvalue weighted by atomic mass is 16.5. The number of ether oxygens (including phenoxy) is 1. The van der Waals surface area contributed by atoms with Gasteiger partial charge in [-0.1, -0.05) is 19.3 Å². The maximum Gasteiger partial charge on any atom is 0.318 e. The molecule has 1 heterocycles.